The fourth-order valence-corrected chi connectivity index (χ4v) is 5.52. The van der Waals surface area contributed by atoms with E-state index in [1.165, 1.54) is 5.56 Å². The number of carboxylic acids is 1. The van der Waals surface area contributed by atoms with Gasteiger partial charge >= 0.3 is 18.1 Å². The van der Waals surface area contributed by atoms with E-state index in [0.717, 1.165) is 38.0 Å². The largest absolute Gasteiger partial charge is 0.481 e. The Morgan fingerprint density at radius 1 is 0.975 bits per heavy atom. The molecule has 2 aliphatic heterocycles. The Morgan fingerprint density at radius 2 is 1.68 bits per heavy atom. The van der Waals surface area contributed by atoms with E-state index in [0.29, 0.717) is 31.6 Å². The third-order valence-corrected chi connectivity index (χ3v) is 7.57. The summed E-state index contributed by atoms with van der Waals surface area (Å²) < 4.78 is 5.46. The third-order valence-electron chi connectivity index (χ3n) is 7.57. The molecular weight excluding hydrogens is 508 g/mol. The molecule has 40 heavy (non-hydrogen) atoms. The molecule has 0 aromatic heterocycles. The van der Waals surface area contributed by atoms with Crippen molar-refractivity contribution in [1.29, 1.82) is 0 Å². The zero-order chi connectivity index (χ0) is 28.7. The molecule has 4 rings (SSSR count). The molecule has 9 heteroatoms. The molecule has 0 unspecified atom stereocenters. The van der Waals surface area contributed by atoms with Crippen molar-refractivity contribution in [3.05, 3.63) is 65.7 Å². The van der Waals surface area contributed by atoms with Gasteiger partial charge in [-0.05, 0) is 75.6 Å². The van der Waals surface area contributed by atoms with Crippen LogP contribution >= 0.6 is 0 Å². The number of hydrogen-bond donors (Lipinski definition) is 3. The minimum Gasteiger partial charge on any atom is -0.481 e. The lowest BCUT2D eigenvalue weighted by atomic mass is 9.86. The number of benzene rings is 2. The van der Waals surface area contributed by atoms with Crippen LogP contribution in [0, 0.1) is 11.8 Å². The molecule has 2 saturated heterocycles. The zero-order valence-electron chi connectivity index (χ0n) is 23.8. The molecule has 2 heterocycles. The van der Waals surface area contributed by atoms with Crippen molar-refractivity contribution in [1.82, 2.24) is 15.1 Å². The number of piperidine rings is 1. The average molecular weight is 551 g/mol. The van der Waals surface area contributed by atoms with E-state index in [1.54, 1.807) is 11.0 Å². The van der Waals surface area contributed by atoms with E-state index in [9.17, 15) is 19.5 Å². The van der Waals surface area contributed by atoms with Crippen LogP contribution in [-0.2, 0) is 22.5 Å². The molecule has 3 amide bonds. The Bertz CT molecular complexity index is 1160. The Morgan fingerprint density at radius 3 is 2.35 bits per heavy atom. The van der Waals surface area contributed by atoms with E-state index in [1.807, 2.05) is 45.0 Å². The van der Waals surface area contributed by atoms with Gasteiger partial charge in [-0.25, -0.2) is 9.59 Å². The van der Waals surface area contributed by atoms with Gasteiger partial charge in [0.25, 0.3) is 0 Å². The monoisotopic (exact) mass is 550 g/mol. The molecule has 0 radical (unpaired) electrons. The van der Waals surface area contributed by atoms with E-state index in [2.05, 4.69) is 39.8 Å². The summed E-state index contributed by atoms with van der Waals surface area (Å²) in [7, 11) is 0. The zero-order valence-corrected chi connectivity index (χ0v) is 23.8. The summed E-state index contributed by atoms with van der Waals surface area (Å²) in [5.41, 5.74) is 2.16. The standard InChI is InChI=1S/C31H42N4O5/c1-31(2,3)40-30(39)35-17-12-24(21-35)27(28(36)37)19-23-10-7-11-26(18-23)33-29(38)32-25-13-15-34(16-14-25)20-22-8-5-4-6-9-22/h4-11,18,24-25,27H,12-17,19-21H2,1-3H3,(H,36,37)(H2,32,33,38)/t24-,27-/m0/s1. The first-order valence-corrected chi connectivity index (χ1v) is 14.2. The number of ether oxygens (including phenoxy) is 1. The van der Waals surface area contributed by atoms with Crippen LogP contribution in [0.3, 0.4) is 0 Å². The van der Waals surface area contributed by atoms with Gasteiger partial charge < -0.3 is 25.4 Å². The van der Waals surface area contributed by atoms with Gasteiger partial charge in [0.2, 0.25) is 0 Å². The maximum absolute atomic E-state index is 12.7. The smallest absolute Gasteiger partial charge is 0.410 e. The fraction of sp³-hybridized carbons (Fsp3) is 0.516. The lowest BCUT2D eigenvalue weighted by Gasteiger charge is -2.32. The number of amides is 3. The van der Waals surface area contributed by atoms with Gasteiger partial charge in [-0.15, -0.1) is 0 Å². The van der Waals surface area contributed by atoms with Gasteiger partial charge in [0.05, 0.1) is 5.92 Å². The van der Waals surface area contributed by atoms with Gasteiger partial charge in [0, 0.05) is 44.5 Å². The molecule has 0 saturated carbocycles. The molecule has 2 aromatic rings. The van der Waals surface area contributed by atoms with Gasteiger partial charge in [-0.1, -0.05) is 42.5 Å². The van der Waals surface area contributed by atoms with Crippen LogP contribution < -0.4 is 10.6 Å². The van der Waals surface area contributed by atoms with Gasteiger partial charge in [0.1, 0.15) is 5.60 Å². The van der Waals surface area contributed by atoms with Crippen molar-refractivity contribution >= 4 is 23.8 Å². The summed E-state index contributed by atoms with van der Waals surface area (Å²) in [4.78, 5) is 41.4. The molecule has 9 nitrogen and oxygen atoms in total. The normalized spacial score (nSPS) is 19.2. The number of rotatable bonds is 8. The van der Waals surface area contributed by atoms with Crippen LogP contribution in [0.4, 0.5) is 15.3 Å². The van der Waals surface area contributed by atoms with Gasteiger partial charge in [-0.2, -0.15) is 0 Å². The molecule has 2 fully saturated rings. The van der Waals surface area contributed by atoms with Crippen molar-refractivity contribution in [2.24, 2.45) is 11.8 Å². The highest BCUT2D eigenvalue weighted by Gasteiger charge is 2.37. The second kappa shape index (κ2) is 13.2. The quantitative estimate of drug-likeness (QED) is 0.428. The lowest BCUT2D eigenvalue weighted by Crippen LogP contribution is -2.45. The van der Waals surface area contributed by atoms with Crippen molar-refractivity contribution in [2.45, 2.75) is 64.6 Å². The van der Waals surface area contributed by atoms with Crippen molar-refractivity contribution in [3.8, 4) is 0 Å². The maximum atomic E-state index is 12.7. The lowest BCUT2D eigenvalue weighted by molar-refractivity contribution is -0.143. The summed E-state index contributed by atoms with van der Waals surface area (Å²) >= 11 is 0. The number of anilines is 1. The molecule has 216 valence electrons. The number of carboxylic acid groups (broad SMARTS) is 1. The Labute approximate surface area is 236 Å². The van der Waals surface area contributed by atoms with Crippen LogP contribution in [0.2, 0.25) is 0 Å². The molecule has 3 N–H and O–H groups in total. The number of carbonyl (C=O) groups is 3. The van der Waals surface area contributed by atoms with Crippen molar-refractivity contribution in [3.63, 3.8) is 0 Å². The number of nitrogens with one attached hydrogen (secondary N) is 2. The molecular formula is C31H42N4O5. The highest BCUT2D eigenvalue weighted by atomic mass is 16.6. The summed E-state index contributed by atoms with van der Waals surface area (Å²) in [6.45, 7) is 9.06. The van der Waals surface area contributed by atoms with Gasteiger partial charge in [-0.3, -0.25) is 9.69 Å². The average Bonchev–Trinajstić information content (AvgIpc) is 3.38. The predicted molar refractivity (Wildman–Crippen MR) is 154 cm³/mol. The Balaban J connectivity index is 1.26. The third kappa shape index (κ3) is 8.71. The maximum Gasteiger partial charge on any atom is 0.410 e. The van der Waals surface area contributed by atoms with Crippen LogP contribution in [0.5, 0.6) is 0 Å². The second-order valence-electron chi connectivity index (χ2n) is 12.0. The first kappa shape index (κ1) is 29.4. The number of nitrogens with zero attached hydrogens (tertiary/aromatic N) is 2. The number of urea groups is 1. The molecule has 2 atom stereocenters. The van der Waals surface area contributed by atoms with Crippen LogP contribution in [0.1, 0.15) is 51.2 Å². The fourth-order valence-electron chi connectivity index (χ4n) is 5.52. The highest BCUT2D eigenvalue weighted by molar-refractivity contribution is 5.89. The first-order chi connectivity index (χ1) is 19.1. The second-order valence-corrected chi connectivity index (χ2v) is 12.0. The molecule has 0 spiro atoms. The Kier molecular flexibility index (Phi) is 9.68. The minimum atomic E-state index is -0.884. The van der Waals surface area contributed by atoms with E-state index < -0.39 is 23.6 Å². The number of aliphatic carboxylic acids is 1. The predicted octanol–water partition coefficient (Wildman–Crippen LogP) is 4.97. The van der Waals surface area contributed by atoms with Crippen LogP contribution in [0.25, 0.3) is 0 Å². The van der Waals surface area contributed by atoms with Gasteiger partial charge in [0.15, 0.2) is 0 Å². The van der Waals surface area contributed by atoms with E-state index in [4.69, 9.17) is 4.74 Å². The first-order valence-electron chi connectivity index (χ1n) is 14.2. The van der Waals surface area contributed by atoms with Crippen LogP contribution in [0.15, 0.2) is 54.6 Å². The highest BCUT2D eigenvalue weighted by Crippen LogP contribution is 2.29. The van der Waals surface area contributed by atoms with Crippen molar-refractivity contribution < 1.29 is 24.2 Å². The summed E-state index contributed by atoms with van der Waals surface area (Å²) in [6, 6.07) is 17.6. The molecule has 0 aliphatic carbocycles. The summed E-state index contributed by atoms with van der Waals surface area (Å²) in [6.07, 6.45) is 2.31. The van der Waals surface area contributed by atoms with E-state index in [-0.39, 0.29) is 18.0 Å². The summed E-state index contributed by atoms with van der Waals surface area (Å²) in [5.74, 6) is -1.69. The van der Waals surface area contributed by atoms with Crippen LogP contribution in [-0.4, -0.2) is 70.8 Å². The SMILES string of the molecule is CC(C)(C)OC(=O)N1CC[C@H]([C@H](Cc2cccc(NC(=O)NC3CCN(Cc4ccccc4)CC3)c2)C(=O)O)C1. The van der Waals surface area contributed by atoms with Crippen molar-refractivity contribution in [2.75, 3.05) is 31.5 Å². The topological polar surface area (TPSA) is 111 Å². The Hall–Kier alpha value is -3.59. The van der Waals surface area contributed by atoms with E-state index >= 15 is 0 Å². The molecule has 2 aliphatic rings. The number of likely N-dealkylation sites (tertiary alicyclic amines) is 2. The summed E-state index contributed by atoms with van der Waals surface area (Å²) in [5, 5.41) is 16.0. The molecule has 2 aromatic carbocycles. The minimum absolute atomic E-state index is 0.113. The number of hydrogen-bond acceptors (Lipinski definition) is 5. The number of carbonyl (C=O) groups excluding carboxylic acids is 2. The molecule has 0 bridgehead atoms.